The van der Waals surface area contributed by atoms with Gasteiger partial charge in [-0.3, -0.25) is 9.59 Å². The molecule has 1 saturated carbocycles. The Morgan fingerprint density at radius 1 is 1.31 bits per heavy atom. The molecule has 1 fully saturated rings. The molecule has 29 heavy (non-hydrogen) atoms. The largest absolute Gasteiger partial charge is 0.489 e. The van der Waals surface area contributed by atoms with Crippen LogP contribution in [0.25, 0.3) is 0 Å². The number of amides is 2. The van der Waals surface area contributed by atoms with Crippen molar-refractivity contribution in [3.8, 4) is 5.75 Å². The van der Waals surface area contributed by atoms with Gasteiger partial charge in [-0.1, -0.05) is 18.2 Å². The molecule has 2 atom stereocenters. The van der Waals surface area contributed by atoms with Gasteiger partial charge in [-0.05, 0) is 55.6 Å². The van der Waals surface area contributed by atoms with Crippen LogP contribution in [0, 0.1) is 5.92 Å². The molecule has 158 valence electrons. The molecule has 1 aliphatic heterocycles. The summed E-state index contributed by atoms with van der Waals surface area (Å²) in [7, 11) is 1.67. The molecule has 0 aromatic heterocycles. The predicted octanol–water partition coefficient (Wildman–Crippen LogP) is 1.08. The van der Waals surface area contributed by atoms with E-state index in [1.807, 2.05) is 0 Å². The van der Waals surface area contributed by atoms with Crippen LogP contribution in [0.1, 0.15) is 36.8 Å². The quantitative estimate of drug-likeness (QED) is 0.404. The zero-order valence-corrected chi connectivity index (χ0v) is 17.1. The van der Waals surface area contributed by atoms with Gasteiger partial charge in [0.05, 0.1) is 12.6 Å². The fourth-order valence-electron chi connectivity index (χ4n) is 3.89. The molecule has 1 heterocycles. The number of ether oxygens (including phenoxy) is 1. The van der Waals surface area contributed by atoms with E-state index < -0.39 is 0 Å². The van der Waals surface area contributed by atoms with E-state index in [0.29, 0.717) is 19.0 Å². The molecule has 0 bridgehead atoms. The molecule has 0 spiro atoms. The van der Waals surface area contributed by atoms with Gasteiger partial charge in [0.25, 0.3) is 0 Å². The number of carbonyl (C=O) groups excluding carboxylic acids is 3. The number of fused-ring (bicyclic) bond motifs is 1. The number of carbonyl (C=O) groups is 3. The maximum absolute atomic E-state index is 12.6. The van der Waals surface area contributed by atoms with Gasteiger partial charge in [0.2, 0.25) is 12.3 Å². The number of hydrogen-bond donors (Lipinski definition) is 2. The third-order valence-electron chi connectivity index (χ3n) is 5.70. The van der Waals surface area contributed by atoms with Crippen molar-refractivity contribution in [2.24, 2.45) is 5.92 Å². The van der Waals surface area contributed by atoms with Crippen molar-refractivity contribution >= 4 is 18.6 Å². The van der Waals surface area contributed by atoms with Crippen LogP contribution in [0.15, 0.2) is 18.2 Å². The summed E-state index contributed by atoms with van der Waals surface area (Å²) in [6.45, 7) is 1.39. The number of benzene rings is 1. The molecule has 7 heteroatoms. The summed E-state index contributed by atoms with van der Waals surface area (Å²) in [6, 6.07) is 6.01. The first-order valence-corrected chi connectivity index (χ1v) is 10.5. The second-order valence-corrected chi connectivity index (χ2v) is 7.97. The molecular formula is C22H31N3O4. The van der Waals surface area contributed by atoms with Gasteiger partial charge in [0.15, 0.2) is 0 Å². The summed E-state index contributed by atoms with van der Waals surface area (Å²) in [4.78, 5) is 35.3. The third kappa shape index (κ3) is 5.79. The van der Waals surface area contributed by atoms with Gasteiger partial charge in [-0.2, -0.15) is 0 Å². The SMILES string of the molecule is CN(CC=O)C(=O)C(NCC1CCc2cccc(CCCNC=O)c2O1)C1CC1. The lowest BCUT2D eigenvalue weighted by Crippen LogP contribution is -2.50. The maximum Gasteiger partial charge on any atom is 0.240 e. The van der Waals surface area contributed by atoms with Crippen molar-refractivity contribution < 1.29 is 19.1 Å². The Morgan fingerprint density at radius 3 is 2.86 bits per heavy atom. The van der Waals surface area contributed by atoms with Crippen molar-refractivity contribution in [2.75, 3.05) is 26.7 Å². The minimum atomic E-state index is -0.241. The number of nitrogens with one attached hydrogen (secondary N) is 2. The number of para-hydroxylation sites is 1. The van der Waals surface area contributed by atoms with Crippen LogP contribution >= 0.6 is 0 Å². The summed E-state index contributed by atoms with van der Waals surface area (Å²) < 4.78 is 6.32. The fourth-order valence-corrected chi connectivity index (χ4v) is 3.89. The zero-order valence-electron chi connectivity index (χ0n) is 17.1. The second kappa shape index (κ2) is 10.4. The molecule has 2 N–H and O–H groups in total. The van der Waals surface area contributed by atoms with Crippen LogP contribution in [0.4, 0.5) is 0 Å². The molecule has 1 aromatic carbocycles. The summed E-state index contributed by atoms with van der Waals surface area (Å²) in [6.07, 6.45) is 7.17. The third-order valence-corrected chi connectivity index (χ3v) is 5.70. The molecule has 1 aliphatic carbocycles. The molecule has 2 amide bonds. The van der Waals surface area contributed by atoms with Crippen LogP contribution in [-0.2, 0) is 27.2 Å². The summed E-state index contributed by atoms with van der Waals surface area (Å²) in [5, 5.41) is 6.12. The average molecular weight is 402 g/mol. The van der Waals surface area contributed by atoms with Crippen molar-refractivity contribution in [2.45, 2.75) is 50.7 Å². The van der Waals surface area contributed by atoms with Crippen LogP contribution in [0.3, 0.4) is 0 Å². The lowest BCUT2D eigenvalue weighted by molar-refractivity contribution is -0.134. The Morgan fingerprint density at radius 2 is 2.14 bits per heavy atom. The van der Waals surface area contributed by atoms with E-state index >= 15 is 0 Å². The first-order valence-electron chi connectivity index (χ1n) is 10.5. The molecule has 1 aromatic rings. The second-order valence-electron chi connectivity index (χ2n) is 7.97. The van der Waals surface area contributed by atoms with Gasteiger partial charge in [0.1, 0.15) is 18.1 Å². The van der Waals surface area contributed by atoms with E-state index in [4.69, 9.17) is 4.74 Å². The molecule has 2 aliphatic rings. The highest BCUT2D eigenvalue weighted by atomic mass is 16.5. The van der Waals surface area contributed by atoms with Crippen molar-refractivity contribution in [3.05, 3.63) is 29.3 Å². The number of likely N-dealkylation sites (N-methyl/N-ethyl adjacent to an activating group) is 1. The highest BCUT2D eigenvalue weighted by Gasteiger charge is 2.38. The Bertz CT molecular complexity index is 720. The summed E-state index contributed by atoms with van der Waals surface area (Å²) in [5.41, 5.74) is 2.39. The van der Waals surface area contributed by atoms with Crippen LogP contribution in [0.2, 0.25) is 0 Å². The van der Waals surface area contributed by atoms with Gasteiger partial charge in [-0.25, -0.2) is 0 Å². The van der Waals surface area contributed by atoms with Gasteiger partial charge in [-0.15, -0.1) is 0 Å². The molecular weight excluding hydrogens is 370 g/mol. The minimum absolute atomic E-state index is 0.0147. The Kier molecular flexibility index (Phi) is 7.63. The molecule has 0 saturated heterocycles. The van der Waals surface area contributed by atoms with Crippen molar-refractivity contribution in [3.63, 3.8) is 0 Å². The predicted molar refractivity (Wildman–Crippen MR) is 110 cm³/mol. The lowest BCUT2D eigenvalue weighted by atomic mass is 9.97. The maximum atomic E-state index is 12.6. The number of aryl methyl sites for hydroxylation is 2. The zero-order chi connectivity index (χ0) is 20.6. The fraction of sp³-hybridized carbons (Fsp3) is 0.591. The molecule has 0 radical (unpaired) electrons. The van der Waals surface area contributed by atoms with E-state index in [1.165, 1.54) is 16.0 Å². The minimum Gasteiger partial charge on any atom is -0.489 e. The number of hydrogen-bond acceptors (Lipinski definition) is 5. The Balaban J connectivity index is 1.58. The van der Waals surface area contributed by atoms with Crippen LogP contribution < -0.4 is 15.4 Å². The number of aldehydes is 1. The average Bonchev–Trinajstić information content (AvgIpc) is 3.56. The lowest BCUT2D eigenvalue weighted by Gasteiger charge is -2.30. The molecule has 2 unspecified atom stereocenters. The van der Waals surface area contributed by atoms with E-state index in [1.54, 1.807) is 7.05 Å². The van der Waals surface area contributed by atoms with Crippen molar-refractivity contribution in [1.82, 2.24) is 15.5 Å². The first kappa shape index (κ1) is 21.3. The van der Waals surface area contributed by atoms with E-state index in [2.05, 4.69) is 28.8 Å². The highest BCUT2D eigenvalue weighted by Crippen LogP contribution is 2.34. The smallest absolute Gasteiger partial charge is 0.240 e. The van der Waals surface area contributed by atoms with Crippen LogP contribution in [0.5, 0.6) is 5.75 Å². The topological polar surface area (TPSA) is 87.7 Å². The monoisotopic (exact) mass is 401 g/mol. The van der Waals surface area contributed by atoms with E-state index in [9.17, 15) is 14.4 Å². The normalized spacial score (nSPS) is 18.9. The van der Waals surface area contributed by atoms with E-state index in [0.717, 1.165) is 57.0 Å². The molecule has 7 nitrogen and oxygen atoms in total. The van der Waals surface area contributed by atoms with Crippen molar-refractivity contribution in [1.29, 1.82) is 0 Å². The van der Waals surface area contributed by atoms with Gasteiger partial charge in [0, 0.05) is 20.1 Å². The van der Waals surface area contributed by atoms with E-state index in [-0.39, 0.29) is 24.6 Å². The van der Waals surface area contributed by atoms with Gasteiger partial charge >= 0.3 is 0 Å². The first-order chi connectivity index (χ1) is 14.1. The Labute approximate surface area is 172 Å². The standard InChI is InChI=1S/C22H31N3O4/c1-25(12-13-26)22(28)20(16-7-8-16)24-14-19-10-9-18-5-2-4-17(21(18)29-19)6-3-11-23-15-27/h2,4-5,13,15-16,19-20,24H,3,6-12,14H2,1H3,(H,23,27). The Hall–Kier alpha value is -2.41. The summed E-state index contributed by atoms with van der Waals surface area (Å²) in [5.74, 6) is 1.30. The summed E-state index contributed by atoms with van der Waals surface area (Å²) >= 11 is 0. The van der Waals surface area contributed by atoms with Crippen LogP contribution in [-0.4, -0.2) is 62.3 Å². The number of nitrogens with zero attached hydrogens (tertiary/aromatic N) is 1. The van der Waals surface area contributed by atoms with Gasteiger partial charge < -0.3 is 25.1 Å². The highest BCUT2D eigenvalue weighted by molar-refractivity contribution is 5.84. The molecule has 3 rings (SSSR count). The number of rotatable bonds is 12.